The smallest absolute Gasteiger partial charge is 0.249 e. The molecule has 1 aromatic rings. The second kappa shape index (κ2) is 7.86. The summed E-state index contributed by atoms with van der Waals surface area (Å²) in [6.07, 6.45) is 7.59. The first-order valence-electron chi connectivity index (χ1n) is 8.62. The number of nitrogens with one attached hydrogen (secondary N) is 1. The van der Waals surface area contributed by atoms with E-state index >= 15 is 0 Å². The van der Waals surface area contributed by atoms with Gasteiger partial charge in [0, 0.05) is 11.1 Å². The van der Waals surface area contributed by atoms with Gasteiger partial charge in [0.15, 0.2) is 5.13 Å². The highest BCUT2D eigenvalue weighted by Crippen LogP contribution is 2.39. The Bertz CT molecular complexity index is 652. The summed E-state index contributed by atoms with van der Waals surface area (Å²) in [5.41, 5.74) is 0. The first-order valence-corrected chi connectivity index (χ1v) is 10.8. The largest absolute Gasteiger partial charge is 0.300 e. The molecule has 1 saturated heterocycles. The molecule has 1 aliphatic carbocycles. The average molecular weight is 382 g/mol. The summed E-state index contributed by atoms with van der Waals surface area (Å²) in [6, 6.07) is -0.748. The monoisotopic (exact) mass is 381 g/mol. The molecule has 3 atom stereocenters. The van der Waals surface area contributed by atoms with Crippen LogP contribution in [0.5, 0.6) is 0 Å². The molecule has 3 rings (SSSR count). The van der Waals surface area contributed by atoms with E-state index in [0.29, 0.717) is 17.3 Å². The Balaban J connectivity index is 1.80. The van der Waals surface area contributed by atoms with Crippen LogP contribution in [0.4, 0.5) is 5.13 Å². The van der Waals surface area contributed by atoms with Crippen molar-refractivity contribution >= 4 is 46.0 Å². The van der Waals surface area contributed by atoms with Crippen molar-refractivity contribution < 1.29 is 14.4 Å². The van der Waals surface area contributed by atoms with Gasteiger partial charge in [0.1, 0.15) is 6.04 Å². The average Bonchev–Trinajstić information content (AvgIpc) is 3.11. The van der Waals surface area contributed by atoms with Crippen LogP contribution < -0.4 is 5.32 Å². The standard InChI is InChI=1S/C17H23N3O3S2/c1-10-9-18-17(25-10)19-14(21)13(7-8-24-2)20-15(22)11-5-3-4-6-12(11)16(20)23/h9,11-13H,3-8H2,1-2H3,(H,18,19,21). The molecule has 1 aliphatic heterocycles. The summed E-state index contributed by atoms with van der Waals surface area (Å²) < 4.78 is 0. The molecular weight excluding hydrogens is 358 g/mol. The van der Waals surface area contributed by atoms with E-state index in [2.05, 4.69) is 10.3 Å². The van der Waals surface area contributed by atoms with Crippen LogP contribution in [0.15, 0.2) is 6.20 Å². The van der Waals surface area contributed by atoms with Crippen LogP contribution in [0, 0.1) is 18.8 Å². The second-order valence-electron chi connectivity index (χ2n) is 6.61. The number of thiazole rings is 1. The molecule has 1 N–H and O–H groups in total. The maximum Gasteiger partial charge on any atom is 0.249 e. The summed E-state index contributed by atoms with van der Waals surface area (Å²) >= 11 is 2.99. The topological polar surface area (TPSA) is 79.4 Å². The van der Waals surface area contributed by atoms with Crippen molar-refractivity contribution in [2.75, 3.05) is 17.3 Å². The van der Waals surface area contributed by atoms with E-state index in [9.17, 15) is 14.4 Å². The van der Waals surface area contributed by atoms with E-state index < -0.39 is 6.04 Å². The van der Waals surface area contributed by atoms with Gasteiger partial charge in [-0.3, -0.25) is 19.3 Å². The Labute approximate surface area is 155 Å². The van der Waals surface area contributed by atoms with Gasteiger partial charge in [-0.1, -0.05) is 12.8 Å². The second-order valence-corrected chi connectivity index (χ2v) is 8.83. The number of fused-ring (bicyclic) bond motifs is 1. The Morgan fingerprint density at radius 2 is 2.00 bits per heavy atom. The summed E-state index contributed by atoms with van der Waals surface area (Å²) in [7, 11) is 0. The quantitative estimate of drug-likeness (QED) is 0.767. The van der Waals surface area contributed by atoms with Crippen molar-refractivity contribution in [2.45, 2.75) is 45.1 Å². The number of amides is 3. The van der Waals surface area contributed by atoms with Crippen molar-refractivity contribution in [1.82, 2.24) is 9.88 Å². The number of imide groups is 1. The molecule has 25 heavy (non-hydrogen) atoms. The van der Waals surface area contributed by atoms with Gasteiger partial charge < -0.3 is 5.32 Å². The van der Waals surface area contributed by atoms with Gasteiger partial charge in [0.25, 0.3) is 0 Å². The van der Waals surface area contributed by atoms with Gasteiger partial charge in [0.2, 0.25) is 17.7 Å². The van der Waals surface area contributed by atoms with E-state index in [4.69, 9.17) is 0 Å². The van der Waals surface area contributed by atoms with Crippen molar-refractivity contribution in [1.29, 1.82) is 0 Å². The van der Waals surface area contributed by atoms with Crippen LogP contribution >= 0.6 is 23.1 Å². The minimum Gasteiger partial charge on any atom is -0.300 e. The maximum atomic E-state index is 12.8. The third-order valence-corrected chi connectivity index (χ3v) is 6.41. The number of aromatic nitrogens is 1. The number of hydrogen-bond donors (Lipinski definition) is 1. The van der Waals surface area contributed by atoms with Crippen molar-refractivity contribution in [3.8, 4) is 0 Å². The van der Waals surface area contributed by atoms with E-state index in [1.807, 2.05) is 13.2 Å². The molecule has 2 heterocycles. The summed E-state index contributed by atoms with van der Waals surface area (Å²) in [5.74, 6) is -0.386. The third-order valence-electron chi connectivity index (χ3n) is 4.94. The molecule has 2 aliphatic rings. The number of hydrogen-bond acceptors (Lipinski definition) is 6. The molecule has 0 radical (unpaired) electrons. The highest BCUT2D eigenvalue weighted by atomic mass is 32.2. The highest BCUT2D eigenvalue weighted by molar-refractivity contribution is 7.98. The maximum absolute atomic E-state index is 12.8. The zero-order valence-electron chi connectivity index (χ0n) is 14.5. The zero-order valence-corrected chi connectivity index (χ0v) is 16.1. The molecule has 0 bridgehead atoms. The van der Waals surface area contributed by atoms with Crippen LogP contribution in [-0.4, -0.2) is 45.7 Å². The molecular formula is C17H23N3O3S2. The van der Waals surface area contributed by atoms with Gasteiger partial charge >= 0.3 is 0 Å². The summed E-state index contributed by atoms with van der Waals surface area (Å²) in [5, 5.41) is 3.29. The summed E-state index contributed by atoms with van der Waals surface area (Å²) in [6.45, 7) is 1.91. The SMILES string of the molecule is CSCCC(C(=O)Nc1ncc(C)s1)N1C(=O)C2CCCCC2C1=O. The van der Waals surface area contributed by atoms with Gasteiger partial charge in [-0.25, -0.2) is 4.98 Å². The van der Waals surface area contributed by atoms with E-state index in [0.717, 1.165) is 30.6 Å². The Morgan fingerprint density at radius 3 is 2.52 bits per heavy atom. The molecule has 0 aromatic carbocycles. The normalized spacial score (nSPS) is 24.3. The number of thioether (sulfide) groups is 1. The first-order chi connectivity index (χ1) is 12.0. The van der Waals surface area contributed by atoms with Crippen molar-refractivity contribution in [2.24, 2.45) is 11.8 Å². The van der Waals surface area contributed by atoms with Crippen LogP contribution in [0.3, 0.4) is 0 Å². The molecule has 1 saturated carbocycles. The number of anilines is 1. The lowest BCUT2D eigenvalue weighted by Gasteiger charge is -2.25. The number of carbonyl (C=O) groups is 3. The Morgan fingerprint density at radius 1 is 1.36 bits per heavy atom. The molecule has 1 aromatic heterocycles. The van der Waals surface area contributed by atoms with Gasteiger partial charge in [-0.05, 0) is 38.2 Å². The minimum atomic E-state index is -0.748. The number of carbonyl (C=O) groups excluding carboxylic acids is 3. The van der Waals surface area contributed by atoms with E-state index in [1.54, 1.807) is 18.0 Å². The van der Waals surface area contributed by atoms with Crippen LogP contribution in [0.1, 0.15) is 37.0 Å². The third kappa shape index (κ3) is 3.74. The predicted molar refractivity (Wildman–Crippen MR) is 99.6 cm³/mol. The van der Waals surface area contributed by atoms with Gasteiger partial charge in [-0.15, -0.1) is 11.3 Å². The fraction of sp³-hybridized carbons (Fsp3) is 0.647. The van der Waals surface area contributed by atoms with Crippen molar-refractivity contribution in [3.05, 3.63) is 11.1 Å². The van der Waals surface area contributed by atoms with Gasteiger partial charge in [-0.2, -0.15) is 11.8 Å². The fourth-order valence-corrected chi connectivity index (χ4v) is 4.83. The molecule has 3 unspecified atom stereocenters. The number of likely N-dealkylation sites (tertiary alicyclic amines) is 1. The molecule has 0 spiro atoms. The number of rotatable bonds is 6. The molecule has 6 nitrogen and oxygen atoms in total. The van der Waals surface area contributed by atoms with Crippen molar-refractivity contribution in [3.63, 3.8) is 0 Å². The highest BCUT2D eigenvalue weighted by Gasteiger charge is 2.51. The fourth-order valence-electron chi connectivity index (χ4n) is 3.70. The molecule has 3 amide bonds. The predicted octanol–water partition coefficient (Wildman–Crippen LogP) is 2.69. The van der Waals surface area contributed by atoms with E-state index in [-0.39, 0.29) is 29.6 Å². The van der Waals surface area contributed by atoms with Crippen LogP contribution in [0.2, 0.25) is 0 Å². The molecule has 2 fully saturated rings. The Hall–Kier alpha value is -1.41. The zero-order chi connectivity index (χ0) is 18.0. The van der Waals surface area contributed by atoms with Crippen LogP contribution in [0.25, 0.3) is 0 Å². The van der Waals surface area contributed by atoms with E-state index in [1.165, 1.54) is 16.2 Å². The van der Waals surface area contributed by atoms with Gasteiger partial charge in [0.05, 0.1) is 11.8 Å². The lowest BCUT2D eigenvalue weighted by atomic mass is 9.81. The number of nitrogens with zero attached hydrogens (tertiary/aromatic N) is 2. The lowest BCUT2D eigenvalue weighted by Crippen LogP contribution is -2.48. The van der Waals surface area contributed by atoms with Crippen LogP contribution in [-0.2, 0) is 14.4 Å². The minimum absolute atomic E-state index is 0.161. The molecule has 136 valence electrons. The Kier molecular flexibility index (Phi) is 5.78. The molecule has 8 heteroatoms. The lowest BCUT2D eigenvalue weighted by molar-refractivity contribution is -0.146. The summed E-state index contributed by atoms with van der Waals surface area (Å²) in [4.78, 5) is 44.9. The first kappa shape index (κ1) is 18.4. The number of aryl methyl sites for hydroxylation is 1.